The standard InChI is InChI=1S/C12H18FN3O/c1-3-10-9(6-14-11(17)15-10)4-5-16-7-12(2,13)8-16/h6H,3-5,7-8H2,1-2H3,(H,14,15,17). The van der Waals surface area contributed by atoms with E-state index in [-0.39, 0.29) is 5.69 Å². The van der Waals surface area contributed by atoms with Gasteiger partial charge in [0.05, 0.1) is 0 Å². The monoisotopic (exact) mass is 239 g/mol. The first-order valence-electron chi connectivity index (χ1n) is 5.98. The zero-order valence-electron chi connectivity index (χ0n) is 10.3. The van der Waals surface area contributed by atoms with E-state index in [1.165, 1.54) is 0 Å². The summed E-state index contributed by atoms with van der Waals surface area (Å²) in [4.78, 5) is 19.6. The largest absolute Gasteiger partial charge is 0.345 e. The van der Waals surface area contributed by atoms with Gasteiger partial charge in [-0.15, -0.1) is 0 Å². The fraction of sp³-hybridized carbons (Fsp3) is 0.667. The number of alkyl halides is 1. The van der Waals surface area contributed by atoms with Crippen LogP contribution in [0.1, 0.15) is 25.1 Å². The number of rotatable bonds is 4. The second kappa shape index (κ2) is 4.56. The van der Waals surface area contributed by atoms with E-state index in [0.29, 0.717) is 13.1 Å². The van der Waals surface area contributed by atoms with Crippen molar-refractivity contribution in [2.75, 3.05) is 19.6 Å². The number of aromatic amines is 1. The van der Waals surface area contributed by atoms with Crippen LogP contribution in [0.2, 0.25) is 0 Å². The van der Waals surface area contributed by atoms with Crippen molar-refractivity contribution in [3.8, 4) is 0 Å². The highest BCUT2D eigenvalue weighted by atomic mass is 19.1. The van der Waals surface area contributed by atoms with Crippen molar-refractivity contribution >= 4 is 0 Å². The summed E-state index contributed by atoms with van der Waals surface area (Å²) in [6.45, 7) is 5.45. The Morgan fingerprint density at radius 2 is 2.29 bits per heavy atom. The second-order valence-corrected chi connectivity index (χ2v) is 4.92. The van der Waals surface area contributed by atoms with Crippen molar-refractivity contribution in [1.29, 1.82) is 0 Å². The Hall–Kier alpha value is -1.23. The lowest BCUT2D eigenvalue weighted by molar-refractivity contribution is -0.0163. The van der Waals surface area contributed by atoms with E-state index in [1.54, 1.807) is 13.1 Å². The molecule has 1 aliphatic rings. The van der Waals surface area contributed by atoms with Crippen LogP contribution in [-0.4, -0.2) is 40.2 Å². The van der Waals surface area contributed by atoms with Crippen LogP contribution in [0.25, 0.3) is 0 Å². The van der Waals surface area contributed by atoms with Gasteiger partial charge in [-0.25, -0.2) is 14.2 Å². The molecule has 94 valence electrons. The summed E-state index contributed by atoms with van der Waals surface area (Å²) in [5, 5.41) is 0. The number of halogens is 1. The quantitative estimate of drug-likeness (QED) is 0.850. The maximum Gasteiger partial charge on any atom is 0.345 e. The molecule has 5 heteroatoms. The van der Waals surface area contributed by atoms with Gasteiger partial charge in [0, 0.05) is 31.5 Å². The Morgan fingerprint density at radius 1 is 1.59 bits per heavy atom. The third kappa shape index (κ3) is 2.91. The minimum absolute atomic E-state index is 0.300. The maximum absolute atomic E-state index is 13.3. The number of aromatic nitrogens is 2. The molecule has 1 saturated heterocycles. The fourth-order valence-electron chi connectivity index (χ4n) is 2.31. The predicted molar refractivity (Wildman–Crippen MR) is 63.9 cm³/mol. The van der Waals surface area contributed by atoms with Crippen molar-refractivity contribution in [2.24, 2.45) is 0 Å². The zero-order chi connectivity index (χ0) is 12.5. The molecule has 1 N–H and O–H groups in total. The molecular formula is C12H18FN3O. The molecule has 0 saturated carbocycles. The van der Waals surface area contributed by atoms with E-state index in [0.717, 1.165) is 30.6 Å². The van der Waals surface area contributed by atoms with Gasteiger partial charge in [-0.2, -0.15) is 0 Å². The minimum atomic E-state index is -1.02. The van der Waals surface area contributed by atoms with Gasteiger partial charge in [0.25, 0.3) is 0 Å². The van der Waals surface area contributed by atoms with Crippen molar-refractivity contribution in [3.05, 3.63) is 27.9 Å². The Kier molecular flexibility index (Phi) is 3.28. The SMILES string of the molecule is CCc1[nH]c(=O)ncc1CCN1CC(C)(F)C1. The molecule has 1 fully saturated rings. The summed E-state index contributed by atoms with van der Waals surface area (Å²) in [7, 11) is 0. The number of likely N-dealkylation sites (tertiary alicyclic amines) is 1. The van der Waals surface area contributed by atoms with Crippen LogP contribution < -0.4 is 5.69 Å². The van der Waals surface area contributed by atoms with Crippen molar-refractivity contribution in [3.63, 3.8) is 0 Å². The van der Waals surface area contributed by atoms with Gasteiger partial charge in [0.1, 0.15) is 5.67 Å². The van der Waals surface area contributed by atoms with Crippen LogP contribution >= 0.6 is 0 Å². The summed E-state index contributed by atoms with van der Waals surface area (Å²) >= 11 is 0. The molecule has 0 amide bonds. The fourth-order valence-corrected chi connectivity index (χ4v) is 2.31. The van der Waals surface area contributed by atoms with Crippen molar-refractivity contribution < 1.29 is 4.39 Å². The van der Waals surface area contributed by atoms with Gasteiger partial charge in [-0.3, -0.25) is 4.90 Å². The normalized spacial score (nSPS) is 19.0. The number of nitrogens with one attached hydrogen (secondary N) is 1. The molecule has 1 aliphatic heterocycles. The molecule has 2 heterocycles. The molecule has 1 aromatic heterocycles. The molecule has 0 spiro atoms. The van der Waals surface area contributed by atoms with Crippen LogP contribution in [0, 0.1) is 0 Å². The molecule has 0 atom stereocenters. The summed E-state index contributed by atoms with van der Waals surface area (Å²) < 4.78 is 13.3. The van der Waals surface area contributed by atoms with Crippen molar-refractivity contribution in [2.45, 2.75) is 32.4 Å². The summed E-state index contributed by atoms with van der Waals surface area (Å²) in [5.74, 6) is 0. The molecule has 0 bridgehead atoms. The first-order chi connectivity index (χ1) is 8.00. The van der Waals surface area contributed by atoms with Gasteiger partial charge in [0.2, 0.25) is 0 Å². The Morgan fingerprint density at radius 3 is 2.88 bits per heavy atom. The molecular weight excluding hydrogens is 221 g/mol. The van der Waals surface area contributed by atoms with Crippen LogP contribution in [-0.2, 0) is 12.8 Å². The highest BCUT2D eigenvalue weighted by Crippen LogP contribution is 2.24. The highest BCUT2D eigenvalue weighted by Gasteiger charge is 2.38. The highest BCUT2D eigenvalue weighted by molar-refractivity contribution is 5.16. The van der Waals surface area contributed by atoms with E-state index in [9.17, 15) is 9.18 Å². The Labute approximate surface area is 99.9 Å². The summed E-state index contributed by atoms with van der Waals surface area (Å²) in [6, 6.07) is 0. The molecule has 0 radical (unpaired) electrons. The van der Waals surface area contributed by atoms with Gasteiger partial charge in [-0.05, 0) is 25.3 Å². The van der Waals surface area contributed by atoms with Crippen LogP contribution in [0.3, 0.4) is 0 Å². The van der Waals surface area contributed by atoms with Gasteiger partial charge in [-0.1, -0.05) is 6.92 Å². The number of hydrogen-bond donors (Lipinski definition) is 1. The van der Waals surface area contributed by atoms with Crippen LogP contribution in [0.4, 0.5) is 4.39 Å². The molecule has 1 aromatic rings. The lowest BCUT2D eigenvalue weighted by atomic mass is 9.98. The van der Waals surface area contributed by atoms with E-state index in [1.807, 2.05) is 6.92 Å². The first kappa shape index (κ1) is 12.2. The lowest BCUT2D eigenvalue weighted by Gasteiger charge is -2.42. The van der Waals surface area contributed by atoms with E-state index >= 15 is 0 Å². The van der Waals surface area contributed by atoms with E-state index in [4.69, 9.17) is 0 Å². The van der Waals surface area contributed by atoms with Gasteiger partial charge >= 0.3 is 5.69 Å². The van der Waals surface area contributed by atoms with Gasteiger partial charge in [0.15, 0.2) is 0 Å². The second-order valence-electron chi connectivity index (χ2n) is 4.92. The maximum atomic E-state index is 13.3. The molecule has 0 unspecified atom stereocenters. The van der Waals surface area contributed by atoms with Crippen LogP contribution in [0.5, 0.6) is 0 Å². The third-order valence-electron chi connectivity index (χ3n) is 3.14. The smallest absolute Gasteiger partial charge is 0.310 e. The van der Waals surface area contributed by atoms with Crippen molar-refractivity contribution in [1.82, 2.24) is 14.9 Å². The first-order valence-corrected chi connectivity index (χ1v) is 5.98. The number of hydrogen-bond acceptors (Lipinski definition) is 3. The number of aryl methyl sites for hydroxylation is 1. The minimum Gasteiger partial charge on any atom is -0.310 e. The predicted octanol–water partition coefficient (Wildman–Crippen LogP) is 0.919. The zero-order valence-corrected chi connectivity index (χ0v) is 10.3. The summed E-state index contributed by atoms with van der Waals surface area (Å²) in [5.41, 5.74) is 0.676. The molecule has 0 aromatic carbocycles. The number of H-pyrrole nitrogens is 1. The van der Waals surface area contributed by atoms with Crippen LogP contribution in [0.15, 0.2) is 11.0 Å². The average Bonchev–Trinajstić information content (AvgIpc) is 2.24. The topological polar surface area (TPSA) is 49.0 Å². The third-order valence-corrected chi connectivity index (χ3v) is 3.14. The lowest BCUT2D eigenvalue weighted by Crippen LogP contribution is -2.57. The van der Waals surface area contributed by atoms with E-state index < -0.39 is 5.67 Å². The molecule has 17 heavy (non-hydrogen) atoms. The number of nitrogens with zero attached hydrogens (tertiary/aromatic N) is 2. The average molecular weight is 239 g/mol. The Balaban J connectivity index is 1.93. The van der Waals surface area contributed by atoms with E-state index in [2.05, 4.69) is 14.9 Å². The molecule has 4 nitrogen and oxygen atoms in total. The molecule has 0 aliphatic carbocycles. The summed E-state index contributed by atoms with van der Waals surface area (Å²) in [6.07, 6.45) is 3.23. The molecule has 2 rings (SSSR count). The van der Waals surface area contributed by atoms with Gasteiger partial charge < -0.3 is 4.98 Å². The Bertz CT molecular complexity index is 447.